The summed E-state index contributed by atoms with van der Waals surface area (Å²) in [6.07, 6.45) is 4.83. The van der Waals surface area contributed by atoms with E-state index >= 15 is 0 Å². The molecule has 0 spiro atoms. The number of nitrogens with one attached hydrogen (secondary N) is 1. The molecular formula is C13H16BrN3OS. The maximum Gasteiger partial charge on any atom is 0.231 e. The van der Waals surface area contributed by atoms with Gasteiger partial charge in [-0.05, 0) is 41.9 Å². The first-order valence-corrected chi connectivity index (χ1v) is 8.20. The van der Waals surface area contributed by atoms with Gasteiger partial charge in [0.2, 0.25) is 11.7 Å². The summed E-state index contributed by atoms with van der Waals surface area (Å²) in [4.78, 5) is 5.63. The third-order valence-electron chi connectivity index (χ3n) is 3.68. The average molecular weight is 342 g/mol. The Labute approximate surface area is 124 Å². The van der Waals surface area contributed by atoms with Gasteiger partial charge < -0.3 is 9.84 Å². The zero-order valence-electron chi connectivity index (χ0n) is 10.7. The van der Waals surface area contributed by atoms with Gasteiger partial charge in [-0.15, -0.1) is 11.3 Å². The smallest absolute Gasteiger partial charge is 0.231 e. The highest BCUT2D eigenvalue weighted by Gasteiger charge is 2.30. The number of hydrogen-bond donors (Lipinski definition) is 1. The zero-order valence-corrected chi connectivity index (χ0v) is 13.1. The van der Waals surface area contributed by atoms with Crippen molar-refractivity contribution in [3.63, 3.8) is 0 Å². The molecule has 1 fully saturated rings. The molecule has 1 aliphatic carbocycles. The van der Waals surface area contributed by atoms with E-state index in [1.54, 1.807) is 11.3 Å². The van der Waals surface area contributed by atoms with E-state index in [1.807, 2.05) is 18.5 Å². The SMILES string of the molecule is CNC1CCCCC1c1nc(-c2cc(Br)cs2)no1. The maximum atomic E-state index is 5.49. The first-order valence-electron chi connectivity index (χ1n) is 6.53. The topological polar surface area (TPSA) is 51.0 Å². The Morgan fingerprint density at radius 1 is 1.42 bits per heavy atom. The average Bonchev–Trinajstić information content (AvgIpc) is 3.07. The number of aromatic nitrogens is 2. The zero-order chi connectivity index (χ0) is 13.2. The monoisotopic (exact) mass is 341 g/mol. The lowest BCUT2D eigenvalue weighted by molar-refractivity contribution is 0.270. The number of rotatable bonds is 3. The molecule has 0 saturated heterocycles. The summed E-state index contributed by atoms with van der Waals surface area (Å²) < 4.78 is 6.55. The van der Waals surface area contributed by atoms with Crippen molar-refractivity contribution < 1.29 is 4.52 Å². The molecule has 0 amide bonds. The highest BCUT2D eigenvalue weighted by molar-refractivity contribution is 9.10. The lowest BCUT2D eigenvalue weighted by Gasteiger charge is -2.28. The summed E-state index contributed by atoms with van der Waals surface area (Å²) in [6.45, 7) is 0. The van der Waals surface area contributed by atoms with Crippen LogP contribution in [0.5, 0.6) is 0 Å². The maximum absolute atomic E-state index is 5.49. The predicted molar refractivity (Wildman–Crippen MR) is 79.4 cm³/mol. The molecule has 0 aromatic carbocycles. The largest absolute Gasteiger partial charge is 0.339 e. The van der Waals surface area contributed by atoms with Crippen LogP contribution in [-0.4, -0.2) is 23.2 Å². The Morgan fingerprint density at radius 3 is 3.00 bits per heavy atom. The molecule has 3 rings (SSSR count). The minimum absolute atomic E-state index is 0.350. The van der Waals surface area contributed by atoms with Gasteiger partial charge in [-0.3, -0.25) is 0 Å². The van der Waals surface area contributed by atoms with E-state index in [4.69, 9.17) is 4.52 Å². The summed E-state index contributed by atoms with van der Waals surface area (Å²) in [5.41, 5.74) is 0. The molecule has 1 saturated carbocycles. The second kappa shape index (κ2) is 5.73. The first-order chi connectivity index (χ1) is 9.28. The molecule has 0 bridgehead atoms. The minimum Gasteiger partial charge on any atom is -0.339 e. The van der Waals surface area contributed by atoms with Crippen LogP contribution >= 0.6 is 27.3 Å². The van der Waals surface area contributed by atoms with Crippen molar-refractivity contribution in [2.45, 2.75) is 37.6 Å². The van der Waals surface area contributed by atoms with Gasteiger partial charge in [0.1, 0.15) is 0 Å². The number of hydrogen-bond acceptors (Lipinski definition) is 5. The van der Waals surface area contributed by atoms with Gasteiger partial charge in [0.15, 0.2) is 0 Å². The Morgan fingerprint density at radius 2 is 2.26 bits per heavy atom. The van der Waals surface area contributed by atoms with E-state index in [2.05, 4.69) is 31.4 Å². The van der Waals surface area contributed by atoms with Crippen molar-refractivity contribution in [1.82, 2.24) is 15.5 Å². The van der Waals surface area contributed by atoms with Crippen LogP contribution < -0.4 is 5.32 Å². The van der Waals surface area contributed by atoms with Crippen LogP contribution in [0.15, 0.2) is 20.4 Å². The van der Waals surface area contributed by atoms with Crippen LogP contribution in [0.25, 0.3) is 10.7 Å². The second-order valence-corrected chi connectivity index (χ2v) is 6.70. The Hall–Kier alpha value is -0.720. The molecule has 102 valence electrons. The quantitative estimate of drug-likeness (QED) is 0.922. The molecule has 2 unspecified atom stereocenters. The number of halogens is 1. The van der Waals surface area contributed by atoms with Gasteiger partial charge in [0, 0.05) is 15.9 Å². The summed E-state index contributed by atoms with van der Waals surface area (Å²) in [6, 6.07) is 2.48. The molecule has 6 heteroatoms. The molecular weight excluding hydrogens is 326 g/mol. The van der Waals surface area contributed by atoms with Gasteiger partial charge >= 0.3 is 0 Å². The highest BCUT2D eigenvalue weighted by Crippen LogP contribution is 2.34. The summed E-state index contributed by atoms with van der Waals surface area (Å²) >= 11 is 5.07. The summed E-state index contributed by atoms with van der Waals surface area (Å²) in [5.74, 6) is 1.83. The fourth-order valence-corrected chi connectivity index (χ4v) is 4.04. The van der Waals surface area contributed by atoms with Gasteiger partial charge in [-0.1, -0.05) is 18.0 Å². The first kappa shape index (κ1) is 13.3. The normalized spacial score (nSPS) is 23.7. The van der Waals surface area contributed by atoms with Crippen molar-refractivity contribution in [3.8, 4) is 10.7 Å². The van der Waals surface area contributed by atoms with Crippen LogP contribution in [0, 0.1) is 0 Å². The van der Waals surface area contributed by atoms with Crippen molar-refractivity contribution in [2.24, 2.45) is 0 Å². The Kier molecular flexibility index (Phi) is 4.00. The Bertz CT molecular complexity index is 554. The number of thiophene rings is 1. The summed E-state index contributed by atoms with van der Waals surface area (Å²) in [7, 11) is 2.01. The van der Waals surface area contributed by atoms with E-state index in [-0.39, 0.29) is 0 Å². The van der Waals surface area contributed by atoms with Gasteiger partial charge in [-0.2, -0.15) is 4.98 Å². The fraction of sp³-hybridized carbons (Fsp3) is 0.538. The predicted octanol–water partition coefficient (Wildman–Crippen LogP) is 3.81. The molecule has 2 aromatic heterocycles. The second-order valence-electron chi connectivity index (χ2n) is 4.87. The van der Waals surface area contributed by atoms with Crippen molar-refractivity contribution >= 4 is 27.3 Å². The van der Waals surface area contributed by atoms with E-state index in [9.17, 15) is 0 Å². The van der Waals surface area contributed by atoms with E-state index in [1.165, 1.54) is 19.3 Å². The molecule has 1 N–H and O–H groups in total. The Balaban J connectivity index is 1.84. The van der Waals surface area contributed by atoms with E-state index < -0.39 is 0 Å². The third-order valence-corrected chi connectivity index (χ3v) is 5.37. The van der Waals surface area contributed by atoms with Crippen molar-refractivity contribution in [2.75, 3.05) is 7.05 Å². The molecule has 2 atom stereocenters. The van der Waals surface area contributed by atoms with Gasteiger partial charge in [0.25, 0.3) is 0 Å². The van der Waals surface area contributed by atoms with Crippen LogP contribution in [0.1, 0.15) is 37.5 Å². The van der Waals surface area contributed by atoms with Crippen molar-refractivity contribution in [1.29, 1.82) is 0 Å². The minimum atomic E-state index is 0.350. The lowest BCUT2D eigenvalue weighted by atomic mass is 9.84. The highest BCUT2D eigenvalue weighted by atomic mass is 79.9. The molecule has 4 nitrogen and oxygen atoms in total. The summed E-state index contributed by atoms with van der Waals surface area (Å²) in [5, 5.41) is 9.52. The van der Waals surface area contributed by atoms with Crippen LogP contribution in [0.2, 0.25) is 0 Å². The van der Waals surface area contributed by atoms with Gasteiger partial charge in [0.05, 0.1) is 10.8 Å². The number of nitrogens with zero attached hydrogens (tertiary/aromatic N) is 2. The van der Waals surface area contributed by atoms with Crippen molar-refractivity contribution in [3.05, 3.63) is 21.8 Å². The van der Waals surface area contributed by atoms with Crippen LogP contribution in [0.4, 0.5) is 0 Å². The van der Waals surface area contributed by atoms with Crippen LogP contribution in [0.3, 0.4) is 0 Å². The third kappa shape index (κ3) is 2.75. The van der Waals surface area contributed by atoms with Crippen LogP contribution in [-0.2, 0) is 0 Å². The van der Waals surface area contributed by atoms with E-state index in [0.29, 0.717) is 17.8 Å². The van der Waals surface area contributed by atoms with E-state index in [0.717, 1.165) is 21.7 Å². The molecule has 2 aromatic rings. The van der Waals surface area contributed by atoms with Gasteiger partial charge in [-0.25, -0.2) is 0 Å². The molecule has 0 radical (unpaired) electrons. The fourth-order valence-electron chi connectivity index (χ4n) is 2.69. The standard InChI is InChI=1S/C13H16BrN3OS/c1-15-10-5-3-2-4-9(10)13-16-12(17-18-13)11-6-8(14)7-19-11/h6-7,9-10,15H,2-5H2,1H3. The number of likely N-dealkylation sites (N-methyl/N-ethyl adjacent to an activating group) is 1. The molecule has 19 heavy (non-hydrogen) atoms. The molecule has 0 aliphatic heterocycles. The molecule has 2 heterocycles. The lowest BCUT2D eigenvalue weighted by Crippen LogP contribution is -2.34. The molecule has 1 aliphatic rings.